The van der Waals surface area contributed by atoms with Gasteiger partial charge in [0.1, 0.15) is 5.84 Å². The summed E-state index contributed by atoms with van der Waals surface area (Å²) in [4.78, 5) is 3.76. The first kappa shape index (κ1) is 5.11. The van der Waals surface area contributed by atoms with Crippen LogP contribution in [0.2, 0.25) is 0 Å². The molecule has 0 aromatic heterocycles. The Bertz CT molecular complexity index is 137. The van der Waals surface area contributed by atoms with Crippen molar-refractivity contribution >= 4 is 5.84 Å². The van der Waals surface area contributed by atoms with Crippen molar-refractivity contribution in [3.63, 3.8) is 0 Å². The molecule has 1 heterocycles. The first-order valence-corrected chi connectivity index (χ1v) is 2.30. The number of nitrogens with two attached hydrogens (primary N) is 2. The molecular formula is C4H8N4. The maximum Gasteiger partial charge on any atom is 0.173 e. The summed E-state index contributed by atoms with van der Waals surface area (Å²) in [7, 11) is 0. The van der Waals surface area contributed by atoms with Crippen LogP contribution in [0.15, 0.2) is 17.3 Å². The van der Waals surface area contributed by atoms with Gasteiger partial charge in [-0.25, -0.2) is 4.99 Å². The number of amidine groups is 1. The Kier molecular flexibility index (Phi) is 1.17. The van der Waals surface area contributed by atoms with Gasteiger partial charge in [-0.3, -0.25) is 5.73 Å². The van der Waals surface area contributed by atoms with E-state index in [9.17, 15) is 0 Å². The monoisotopic (exact) mass is 112 g/mol. The van der Waals surface area contributed by atoms with Crippen molar-refractivity contribution in [2.75, 3.05) is 0 Å². The van der Waals surface area contributed by atoms with Gasteiger partial charge >= 0.3 is 0 Å². The lowest BCUT2D eigenvalue weighted by atomic mass is 10.5. The lowest BCUT2D eigenvalue weighted by Gasteiger charge is -2.10. The van der Waals surface area contributed by atoms with Gasteiger partial charge in [0.25, 0.3) is 0 Å². The number of hydrogen-bond donors (Lipinski definition) is 3. The third-order valence-corrected chi connectivity index (χ3v) is 0.809. The molecule has 1 unspecified atom stereocenters. The average Bonchev–Trinajstić information content (AvgIpc) is 1.64. The van der Waals surface area contributed by atoms with Crippen LogP contribution in [0.25, 0.3) is 0 Å². The molecule has 4 nitrogen and oxygen atoms in total. The normalized spacial score (nSPS) is 26.6. The van der Waals surface area contributed by atoms with Gasteiger partial charge in [-0.15, -0.1) is 0 Å². The highest BCUT2D eigenvalue weighted by Crippen LogP contribution is 1.84. The zero-order chi connectivity index (χ0) is 5.98. The van der Waals surface area contributed by atoms with E-state index in [-0.39, 0.29) is 6.29 Å². The molecule has 4 heteroatoms. The Morgan fingerprint density at radius 2 is 2.50 bits per heavy atom. The van der Waals surface area contributed by atoms with E-state index in [2.05, 4.69) is 10.3 Å². The molecule has 0 bridgehead atoms. The van der Waals surface area contributed by atoms with Gasteiger partial charge in [-0.1, -0.05) is 0 Å². The van der Waals surface area contributed by atoms with Crippen molar-refractivity contribution in [3.8, 4) is 0 Å². The minimum atomic E-state index is -0.361. The van der Waals surface area contributed by atoms with Crippen LogP contribution in [0.5, 0.6) is 0 Å². The molecular weight excluding hydrogens is 104 g/mol. The van der Waals surface area contributed by atoms with Crippen LogP contribution in [0.1, 0.15) is 0 Å². The first-order valence-electron chi connectivity index (χ1n) is 2.30. The van der Waals surface area contributed by atoms with E-state index in [0.29, 0.717) is 5.84 Å². The van der Waals surface area contributed by atoms with Crippen molar-refractivity contribution < 1.29 is 0 Å². The standard InChI is InChI=1S/C4H8N4/c5-3-1-2-7-4(6)8-3/h1-2,4,7H,6H2,(H2,5,8). The van der Waals surface area contributed by atoms with Crippen LogP contribution in [0.4, 0.5) is 0 Å². The maximum absolute atomic E-state index is 5.30. The Morgan fingerprint density at radius 3 is 2.88 bits per heavy atom. The second-order valence-corrected chi connectivity index (χ2v) is 1.50. The fourth-order valence-corrected chi connectivity index (χ4v) is 0.473. The van der Waals surface area contributed by atoms with Gasteiger partial charge in [-0.05, 0) is 6.08 Å². The Morgan fingerprint density at radius 1 is 1.75 bits per heavy atom. The summed E-state index contributed by atoms with van der Waals surface area (Å²) in [5.74, 6) is 0.469. The number of rotatable bonds is 0. The van der Waals surface area contributed by atoms with Gasteiger partial charge in [0.2, 0.25) is 0 Å². The number of nitrogens with zero attached hydrogens (tertiary/aromatic N) is 1. The topological polar surface area (TPSA) is 76.4 Å². The van der Waals surface area contributed by atoms with E-state index in [1.807, 2.05) is 0 Å². The van der Waals surface area contributed by atoms with Gasteiger partial charge < -0.3 is 11.1 Å². The van der Waals surface area contributed by atoms with Crippen molar-refractivity contribution in [2.24, 2.45) is 16.5 Å². The molecule has 0 saturated carbocycles. The molecule has 0 aromatic rings. The van der Waals surface area contributed by atoms with Gasteiger partial charge in [0, 0.05) is 6.20 Å². The largest absolute Gasteiger partial charge is 0.384 e. The van der Waals surface area contributed by atoms with Crippen molar-refractivity contribution in [3.05, 3.63) is 12.3 Å². The van der Waals surface area contributed by atoms with Gasteiger partial charge in [-0.2, -0.15) is 0 Å². The molecule has 0 radical (unpaired) electrons. The number of hydrogen-bond acceptors (Lipinski definition) is 4. The minimum absolute atomic E-state index is 0.361. The molecule has 1 aliphatic heterocycles. The molecule has 8 heavy (non-hydrogen) atoms. The van der Waals surface area contributed by atoms with Crippen LogP contribution in [0.3, 0.4) is 0 Å². The van der Waals surface area contributed by atoms with Crippen LogP contribution in [-0.4, -0.2) is 12.1 Å². The lowest BCUT2D eigenvalue weighted by Crippen LogP contribution is -2.36. The van der Waals surface area contributed by atoms with E-state index in [1.165, 1.54) is 0 Å². The Hall–Kier alpha value is -1.03. The lowest BCUT2D eigenvalue weighted by molar-refractivity contribution is 0.635. The van der Waals surface area contributed by atoms with Crippen molar-refractivity contribution in [2.45, 2.75) is 6.29 Å². The number of aliphatic imine (C=N–C) groups is 1. The summed E-state index contributed by atoms with van der Waals surface area (Å²) in [6, 6.07) is 0. The zero-order valence-electron chi connectivity index (χ0n) is 4.33. The van der Waals surface area contributed by atoms with E-state index < -0.39 is 0 Å². The van der Waals surface area contributed by atoms with E-state index >= 15 is 0 Å². The van der Waals surface area contributed by atoms with Crippen LogP contribution < -0.4 is 16.8 Å². The molecule has 1 atom stereocenters. The highest BCUT2D eigenvalue weighted by molar-refractivity contribution is 5.91. The Labute approximate surface area is 47.3 Å². The first-order chi connectivity index (χ1) is 3.79. The molecule has 0 spiro atoms. The fourth-order valence-electron chi connectivity index (χ4n) is 0.473. The van der Waals surface area contributed by atoms with E-state index in [4.69, 9.17) is 11.5 Å². The van der Waals surface area contributed by atoms with Gasteiger partial charge in [0.05, 0.1) is 0 Å². The molecule has 0 saturated heterocycles. The second kappa shape index (κ2) is 1.83. The third-order valence-electron chi connectivity index (χ3n) is 0.809. The summed E-state index contributed by atoms with van der Waals surface area (Å²) in [6.45, 7) is 0. The minimum Gasteiger partial charge on any atom is -0.384 e. The molecule has 0 aromatic carbocycles. The van der Waals surface area contributed by atoms with Crippen molar-refractivity contribution in [1.82, 2.24) is 5.32 Å². The highest BCUT2D eigenvalue weighted by atomic mass is 15.2. The van der Waals surface area contributed by atoms with E-state index in [1.54, 1.807) is 12.3 Å². The summed E-state index contributed by atoms with van der Waals surface area (Å²) >= 11 is 0. The average molecular weight is 112 g/mol. The SMILES string of the molecule is NC1=NC(N)NC=C1. The van der Waals surface area contributed by atoms with Gasteiger partial charge in [0.15, 0.2) is 6.29 Å². The van der Waals surface area contributed by atoms with Crippen LogP contribution in [0, 0.1) is 0 Å². The predicted molar refractivity (Wildman–Crippen MR) is 31.9 cm³/mol. The fraction of sp³-hybridized carbons (Fsp3) is 0.250. The highest BCUT2D eigenvalue weighted by Gasteiger charge is 1.98. The third kappa shape index (κ3) is 0.974. The van der Waals surface area contributed by atoms with Crippen LogP contribution >= 0.6 is 0 Å². The van der Waals surface area contributed by atoms with E-state index in [0.717, 1.165) is 0 Å². The number of nitrogens with one attached hydrogen (secondary N) is 1. The molecule has 1 aliphatic rings. The molecule has 1 rings (SSSR count). The Balaban J connectivity index is 2.63. The zero-order valence-corrected chi connectivity index (χ0v) is 4.33. The summed E-state index contributed by atoms with van der Waals surface area (Å²) < 4.78 is 0. The molecule has 0 aliphatic carbocycles. The molecule has 44 valence electrons. The quantitative estimate of drug-likeness (QED) is 0.364. The summed E-state index contributed by atoms with van der Waals surface area (Å²) in [6.07, 6.45) is 2.97. The molecule has 0 amide bonds. The van der Waals surface area contributed by atoms with Crippen LogP contribution in [-0.2, 0) is 0 Å². The summed E-state index contributed by atoms with van der Waals surface area (Å²) in [5, 5.41) is 2.74. The molecule has 5 N–H and O–H groups in total. The summed E-state index contributed by atoms with van der Waals surface area (Å²) in [5.41, 5.74) is 10.6. The maximum atomic E-state index is 5.30. The second-order valence-electron chi connectivity index (χ2n) is 1.50. The smallest absolute Gasteiger partial charge is 0.173 e. The van der Waals surface area contributed by atoms with Crippen molar-refractivity contribution in [1.29, 1.82) is 0 Å². The molecule has 0 fully saturated rings. The predicted octanol–water partition coefficient (Wildman–Crippen LogP) is -1.30.